The highest BCUT2D eigenvalue weighted by Crippen LogP contribution is 2.71. The van der Waals surface area contributed by atoms with E-state index >= 15 is 0 Å². The Bertz CT molecular complexity index is 82.3. The van der Waals surface area contributed by atoms with Crippen molar-refractivity contribution in [2.75, 3.05) is 0 Å². The van der Waals surface area contributed by atoms with Crippen molar-refractivity contribution in [1.29, 1.82) is 0 Å². The third-order valence-electron chi connectivity index (χ3n) is 2.59. The Kier molecular flexibility index (Phi) is 0.704. The summed E-state index contributed by atoms with van der Waals surface area (Å²) in [5.41, 5.74) is 0. The molecule has 2 unspecified atom stereocenters. The van der Waals surface area contributed by atoms with Crippen LogP contribution in [0.1, 0.15) is 20.3 Å². The van der Waals surface area contributed by atoms with Gasteiger partial charge in [0.1, 0.15) is 15.7 Å². The molecule has 0 N–H and O–H groups in total. The van der Waals surface area contributed by atoms with Crippen LogP contribution >= 0.6 is 0 Å². The fourth-order valence-electron chi connectivity index (χ4n) is 1.06. The van der Waals surface area contributed by atoms with Crippen molar-refractivity contribution in [3.8, 4) is 0 Å². The topological polar surface area (TPSA) is 0 Å². The van der Waals surface area contributed by atoms with Gasteiger partial charge in [0.2, 0.25) is 0 Å². The fraction of sp³-hybridized carbons (Fsp3) is 1.00. The molecule has 0 spiro atoms. The van der Waals surface area contributed by atoms with Gasteiger partial charge in [-0.2, -0.15) is 0 Å². The van der Waals surface area contributed by atoms with Crippen molar-refractivity contribution in [2.45, 2.75) is 30.9 Å². The van der Waals surface area contributed by atoms with E-state index in [0.29, 0.717) is 10.6 Å². The molecule has 1 fully saturated rings. The van der Waals surface area contributed by atoms with E-state index in [-0.39, 0.29) is 0 Å². The molecule has 2 atom stereocenters. The zero-order valence-electron chi connectivity index (χ0n) is 5.71. The molecule has 0 radical (unpaired) electrons. The van der Waals surface area contributed by atoms with E-state index in [9.17, 15) is 0 Å². The Hall–Kier alpha value is 0.130. The first-order chi connectivity index (χ1) is 2.96. The second kappa shape index (κ2) is 0.936. The van der Waals surface area contributed by atoms with E-state index in [0.717, 1.165) is 0 Å². The molecule has 0 aromatic carbocycles. The summed E-state index contributed by atoms with van der Waals surface area (Å²) in [6.07, 6.45) is 1.40. The van der Waals surface area contributed by atoms with Crippen LogP contribution in [0.25, 0.3) is 0 Å². The number of rotatable bonds is 0. The average Bonchev–Trinajstić information content (AvgIpc) is 1.63. The summed E-state index contributed by atoms with van der Waals surface area (Å²) in [6, 6.07) is 0. The first-order valence-corrected chi connectivity index (χ1v) is 2.96. The summed E-state index contributed by atoms with van der Waals surface area (Å²) in [7, 11) is 4.65. The van der Waals surface area contributed by atoms with Crippen molar-refractivity contribution in [3.05, 3.63) is 0 Å². The lowest BCUT2D eigenvalue weighted by Gasteiger charge is -2.04. The van der Waals surface area contributed by atoms with Crippen LogP contribution in [0.2, 0.25) is 10.6 Å². The Balaban J connectivity index is 2.59. The van der Waals surface area contributed by atoms with E-state index < -0.39 is 0 Å². The van der Waals surface area contributed by atoms with Crippen LogP contribution in [0.15, 0.2) is 0 Å². The standard InChI is InChI=1S/C5H12B2/c1-4(6)3-5(4,2)7/h3,6-7H2,1-2H3. The van der Waals surface area contributed by atoms with Crippen LogP contribution in [-0.4, -0.2) is 15.7 Å². The molecule has 7 heavy (non-hydrogen) atoms. The van der Waals surface area contributed by atoms with Gasteiger partial charge in [0.05, 0.1) is 0 Å². The third kappa shape index (κ3) is 0.606. The van der Waals surface area contributed by atoms with Crippen LogP contribution < -0.4 is 0 Å². The molecule has 0 nitrogen and oxygen atoms in total. The van der Waals surface area contributed by atoms with Crippen molar-refractivity contribution >= 4 is 15.7 Å². The summed E-state index contributed by atoms with van der Waals surface area (Å²) < 4.78 is 0. The molecule has 1 rings (SSSR count). The van der Waals surface area contributed by atoms with Gasteiger partial charge in [-0.05, 0) is 0 Å². The minimum atomic E-state index is 0.646. The van der Waals surface area contributed by atoms with Crippen LogP contribution in [0.5, 0.6) is 0 Å². The van der Waals surface area contributed by atoms with E-state index in [1.165, 1.54) is 6.42 Å². The number of hydrogen-bond acceptors (Lipinski definition) is 0. The molecular weight excluding hydrogens is 81.7 g/mol. The maximum Gasteiger partial charge on any atom is 0.108 e. The molecular formula is C5H12B2. The van der Waals surface area contributed by atoms with E-state index in [4.69, 9.17) is 0 Å². The van der Waals surface area contributed by atoms with Gasteiger partial charge >= 0.3 is 0 Å². The van der Waals surface area contributed by atoms with E-state index in [1.54, 1.807) is 0 Å². The molecule has 0 aliphatic heterocycles. The summed E-state index contributed by atoms with van der Waals surface area (Å²) in [5.74, 6) is 0. The van der Waals surface area contributed by atoms with Gasteiger partial charge in [0, 0.05) is 0 Å². The quantitative estimate of drug-likeness (QED) is 0.371. The maximum absolute atomic E-state index is 2.33. The summed E-state index contributed by atoms with van der Waals surface area (Å²) in [5, 5.41) is 1.29. The van der Waals surface area contributed by atoms with Gasteiger partial charge < -0.3 is 0 Å². The summed E-state index contributed by atoms with van der Waals surface area (Å²) in [4.78, 5) is 0. The predicted molar refractivity (Wildman–Crippen MR) is 38.4 cm³/mol. The highest BCUT2D eigenvalue weighted by Gasteiger charge is 2.52. The normalized spacial score (nSPS) is 59.7. The minimum absolute atomic E-state index is 0.646. The predicted octanol–water partition coefficient (Wildman–Crippen LogP) is 0.0135. The molecule has 1 saturated carbocycles. The lowest BCUT2D eigenvalue weighted by Crippen LogP contribution is -1.92. The van der Waals surface area contributed by atoms with Gasteiger partial charge in [-0.25, -0.2) is 0 Å². The highest BCUT2D eigenvalue weighted by molar-refractivity contribution is 6.31. The van der Waals surface area contributed by atoms with Gasteiger partial charge in [-0.15, -0.1) is 0 Å². The first kappa shape index (κ1) is 5.27. The fourth-order valence-corrected chi connectivity index (χ4v) is 1.06. The molecule has 1 aliphatic carbocycles. The van der Waals surface area contributed by atoms with Crippen LogP contribution in [0.3, 0.4) is 0 Å². The number of hydrogen-bond donors (Lipinski definition) is 0. The Morgan fingerprint density at radius 2 is 1.29 bits per heavy atom. The monoisotopic (exact) mass is 94.1 g/mol. The third-order valence-corrected chi connectivity index (χ3v) is 2.59. The van der Waals surface area contributed by atoms with Gasteiger partial charge in [-0.1, -0.05) is 30.9 Å². The molecule has 0 saturated heterocycles. The summed E-state index contributed by atoms with van der Waals surface area (Å²) in [6.45, 7) is 4.65. The van der Waals surface area contributed by atoms with Crippen LogP contribution in [0, 0.1) is 0 Å². The molecule has 1 aliphatic rings. The van der Waals surface area contributed by atoms with Gasteiger partial charge in [0.15, 0.2) is 0 Å². The molecule has 0 aromatic heterocycles. The Labute approximate surface area is 47.5 Å². The van der Waals surface area contributed by atoms with E-state index in [1.807, 2.05) is 0 Å². The largest absolute Gasteiger partial charge is 0.108 e. The van der Waals surface area contributed by atoms with E-state index in [2.05, 4.69) is 29.5 Å². The average molecular weight is 93.8 g/mol. The molecule has 0 aromatic rings. The smallest absolute Gasteiger partial charge is 0.0671 e. The van der Waals surface area contributed by atoms with Gasteiger partial charge in [-0.3, -0.25) is 0 Å². The summed E-state index contributed by atoms with van der Waals surface area (Å²) >= 11 is 0. The lowest BCUT2D eigenvalue weighted by molar-refractivity contribution is 0.875. The molecule has 38 valence electrons. The highest BCUT2D eigenvalue weighted by atomic mass is 14.5. The molecule has 0 heterocycles. The van der Waals surface area contributed by atoms with Crippen molar-refractivity contribution < 1.29 is 0 Å². The zero-order chi connectivity index (χ0) is 5.71. The van der Waals surface area contributed by atoms with Crippen LogP contribution in [-0.2, 0) is 0 Å². The molecule has 0 amide bonds. The second-order valence-corrected chi connectivity index (χ2v) is 3.94. The Morgan fingerprint density at radius 1 is 1.14 bits per heavy atom. The maximum atomic E-state index is 2.33. The second-order valence-electron chi connectivity index (χ2n) is 3.94. The van der Waals surface area contributed by atoms with Crippen LogP contribution in [0.4, 0.5) is 0 Å². The lowest BCUT2D eigenvalue weighted by atomic mass is 9.69. The first-order valence-electron chi connectivity index (χ1n) is 2.96. The minimum Gasteiger partial charge on any atom is -0.0671 e. The molecule has 2 heteroatoms. The SMILES string of the molecule is BC1(C)CC1(B)C. The van der Waals surface area contributed by atoms with Crippen molar-refractivity contribution in [3.63, 3.8) is 0 Å². The molecule has 0 bridgehead atoms. The van der Waals surface area contributed by atoms with Crippen molar-refractivity contribution in [1.82, 2.24) is 0 Å². The zero-order valence-corrected chi connectivity index (χ0v) is 5.71. The van der Waals surface area contributed by atoms with Gasteiger partial charge in [0.25, 0.3) is 0 Å². The van der Waals surface area contributed by atoms with Crippen molar-refractivity contribution in [2.24, 2.45) is 0 Å². The Morgan fingerprint density at radius 3 is 1.29 bits per heavy atom.